The summed E-state index contributed by atoms with van der Waals surface area (Å²) < 4.78 is 0. The Morgan fingerprint density at radius 2 is 1.59 bits per heavy atom. The van der Waals surface area contributed by atoms with E-state index in [9.17, 15) is 0 Å². The van der Waals surface area contributed by atoms with Crippen molar-refractivity contribution in [1.82, 2.24) is 9.91 Å². The zero-order valence-electron chi connectivity index (χ0n) is 15.6. The molecule has 3 aromatic carbocycles. The van der Waals surface area contributed by atoms with Gasteiger partial charge in [0.1, 0.15) is 0 Å². The molecule has 0 unspecified atom stereocenters. The van der Waals surface area contributed by atoms with Crippen LogP contribution in [0.15, 0.2) is 71.8 Å². The zero-order valence-corrected chi connectivity index (χ0v) is 16.4. The van der Waals surface area contributed by atoms with Crippen molar-refractivity contribution in [1.29, 1.82) is 0 Å². The summed E-state index contributed by atoms with van der Waals surface area (Å²) in [4.78, 5) is 2.44. The Morgan fingerprint density at radius 3 is 2.41 bits per heavy atom. The minimum Gasteiger partial charge on any atom is -0.295 e. The van der Waals surface area contributed by atoms with E-state index < -0.39 is 0 Å². The maximum atomic E-state index is 6.30. The molecule has 1 aliphatic rings. The fourth-order valence-electron chi connectivity index (χ4n) is 3.67. The van der Waals surface area contributed by atoms with Crippen molar-refractivity contribution in [2.75, 3.05) is 26.2 Å². The summed E-state index contributed by atoms with van der Waals surface area (Å²) in [5.41, 5.74) is 3.49. The van der Waals surface area contributed by atoms with Crippen LogP contribution in [0.3, 0.4) is 0 Å². The van der Waals surface area contributed by atoms with Crippen molar-refractivity contribution in [2.45, 2.75) is 13.5 Å². The molecule has 0 bridgehead atoms. The lowest BCUT2D eigenvalue weighted by molar-refractivity contribution is 0.130. The average Bonchev–Trinajstić information content (AvgIpc) is 2.70. The average molecular weight is 378 g/mol. The van der Waals surface area contributed by atoms with Crippen molar-refractivity contribution in [3.8, 4) is 0 Å². The van der Waals surface area contributed by atoms with Gasteiger partial charge in [-0.3, -0.25) is 9.91 Å². The normalized spacial score (nSPS) is 16.1. The quantitative estimate of drug-likeness (QED) is 0.593. The van der Waals surface area contributed by atoms with Gasteiger partial charge in [-0.15, -0.1) is 0 Å². The number of benzene rings is 3. The van der Waals surface area contributed by atoms with E-state index in [0.717, 1.165) is 43.5 Å². The highest BCUT2D eigenvalue weighted by Gasteiger charge is 2.17. The predicted molar refractivity (Wildman–Crippen MR) is 114 cm³/mol. The molecule has 4 rings (SSSR count). The van der Waals surface area contributed by atoms with Gasteiger partial charge in [0.15, 0.2) is 0 Å². The second-order valence-corrected chi connectivity index (χ2v) is 7.44. The first-order valence-electron chi connectivity index (χ1n) is 9.45. The number of fused-ring (bicyclic) bond motifs is 1. The largest absolute Gasteiger partial charge is 0.295 e. The van der Waals surface area contributed by atoms with Crippen molar-refractivity contribution in [2.24, 2.45) is 5.10 Å². The Balaban J connectivity index is 1.43. The lowest BCUT2D eigenvalue weighted by Gasteiger charge is -2.33. The first-order chi connectivity index (χ1) is 13.2. The molecule has 0 radical (unpaired) electrons. The fourth-order valence-corrected chi connectivity index (χ4v) is 3.87. The topological polar surface area (TPSA) is 18.8 Å². The lowest BCUT2D eigenvalue weighted by atomic mass is 10.0. The number of halogens is 1. The van der Waals surface area contributed by atoms with E-state index in [4.69, 9.17) is 16.7 Å². The van der Waals surface area contributed by atoms with Crippen LogP contribution in [0.5, 0.6) is 0 Å². The van der Waals surface area contributed by atoms with Gasteiger partial charge < -0.3 is 0 Å². The Hall–Kier alpha value is -2.36. The predicted octanol–water partition coefficient (Wildman–Crippen LogP) is 5.04. The van der Waals surface area contributed by atoms with Crippen LogP contribution < -0.4 is 0 Å². The number of nitrogens with zero attached hydrogens (tertiary/aromatic N) is 3. The van der Waals surface area contributed by atoms with Crippen molar-refractivity contribution in [3.63, 3.8) is 0 Å². The maximum Gasteiger partial charge on any atom is 0.0652 e. The molecule has 1 aliphatic heterocycles. The van der Waals surface area contributed by atoms with Gasteiger partial charge in [-0.1, -0.05) is 72.3 Å². The molecule has 1 heterocycles. The Bertz CT molecular complexity index is 953. The van der Waals surface area contributed by atoms with Gasteiger partial charge in [0.25, 0.3) is 0 Å². The van der Waals surface area contributed by atoms with E-state index in [1.807, 2.05) is 12.1 Å². The van der Waals surface area contributed by atoms with Gasteiger partial charge >= 0.3 is 0 Å². The minimum atomic E-state index is 0.852. The molecule has 0 amide bonds. The Labute approximate surface area is 165 Å². The minimum absolute atomic E-state index is 0.852. The lowest BCUT2D eigenvalue weighted by Crippen LogP contribution is -2.43. The van der Waals surface area contributed by atoms with E-state index in [0.29, 0.717) is 0 Å². The van der Waals surface area contributed by atoms with Crippen LogP contribution in [-0.2, 0) is 6.54 Å². The van der Waals surface area contributed by atoms with Crippen LogP contribution in [0.4, 0.5) is 0 Å². The van der Waals surface area contributed by atoms with Crippen LogP contribution >= 0.6 is 11.6 Å². The van der Waals surface area contributed by atoms with Crippen LogP contribution in [0.2, 0.25) is 5.02 Å². The number of hydrogen-bond acceptors (Lipinski definition) is 3. The van der Waals surface area contributed by atoms with Crippen LogP contribution in [-0.4, -0.2) is 41.8 Å². The second kappa shape index (κ2) is 8.12. The molecule has 0 atom stereocenters. The van der Waals surface area contributed by atoms with Crippen molar-refractivity contribution < 1.29 is 0 Å². The first kappa shape index (κ1) is 18.0. The van der Waals surface area contributed by atoms with Gasteiger partial charge in [-0.2, -0.15) is 5.10 Å². The summed E-state index contributed by atoms with van der Waals surface area (Å²) in [6, 6.07) is 23.0. The Kier molecular flexibility index (Phi) is 5.42. The maximum absolute atomic E-state index is 6.30. The fraction of sp³-hybridized carbons (Fsp3) is 0.261. The standard InChI is InChI=1S/C23H24ClN3/c1-18(21-11-6-9-19-7-2-4-10-22(19)21)25-27-15-13-26(14-16-27)17-20-8-3-5-12-23(20)24/h2-12H,13-17H2,1H3. The third-order valence-electron chi connectivity index (χ3n) is 5.17. The number of hydrogen-bond donors (Lipinski definition) is 0. The third kappa shape index (κ3) is 4.15. The molecular formula is C23H24ClN3. The Morgan fingerprint density at radius 1 is 0.889 bits per heavy atom. The molecular weight excluding hydrogens is 354 g/mol. The van der Waals surface area contributed by atoms with Gasteiger partial charge in [-0.05, 0) is 29.3 Å². The van der Waals surface area contributed by atoms with Gasteiger partial charge in [-0.25, -0.2) is 0 Å². The van der Waals surface area contributed by atoms with Gasteiger partial charge in [0.2, 0.25) is 0 Å². The zero-order chi connectivity index (χ0) is 18.6. The summed E-state index contributed by atoms with van der Waals surface area (Å²) in [7, 11) is 0. The van der Waals surface area contributed by atoms with Crippen LogP contribution in [0.1, 0.15) is 18.1 Å². The molecule has 3 nitrogen and oxygen atoms in total. The number of rotatable bonds is 4. The molecule has 0 spiro atoms. The number of hydrazone groups is 1. The summed E-state index contributed by atoms with van der Waals surface area (Å²) in [6.07, 6.45) is 0. The molecule has 0 N–H and O–H groups in total. The molecule has 138 valence electrons. The van der Waals surface area contributed by atoms with Crippen molar-refractivity contribution in [3.05, 3.63) is 82.9 Å². The van der Waals surface area contributed by atoms with Crippen molar-refractivity contribution >= 4 is 28.1 Å². The van der Waals surface area contributed by atoms with E-state index in [1.165, 1.54) is 21.9 Å². The first-order valence-corrected chi connectivity index (χ1v) is 9.82. The molecule has 0 aliphatic carbocycles. The molecule has 4 heteroatoms. The summed E-state index contributed by atoms with van der Waals surface area (Å²) >= 11 is 6.30. The van der Waals surface area contributed by atoms with E-state index in [-0.39, 0.29) is 0 Å². The smallest absolute Gasteiger partial charge is 0.0652 e. The van der Waals surface area contributed by atoms with E-state index in [2.05, 4.69) is 71.4 Å². The SMILES string of the molecule is CC(=NN1CCN(Cc2ccccc2Cl)CC1)c1cccc2ccccc12. The highest BCUT2D eigenvalue weighted by Crippen LogP contribution is 2.20. The second-order valence-electron chi connectivity index (χ2n) is 7.03. The van der Waals surface area contributed by atoms with Gasteiger partial charge in [0, 0.05) is 43.3 Å². The third-order valence-corrected chi connectivity index (χ3v) is 5.54. The summed E-state index contributed by atoms with van der Waals surface area (Å²) in [6.45, 7) is 6.88. The van der Waals surface area contributed by atoms with E-state index in [1.54, 1.807) is 0 Å². The van der Waals surface area contributed by atoms with E-state index >= 15 is 0 Å². The summed E-state index contributed by atoms with van der Waals surface area (Å²) in [5.74, 6) is 0. The summed E-state index contributed by atoms with van der Waals surface area (Å²) in [5, 5.41) is 10.5. The molecule has 1 saturated heterocycles. The highest BCUT2D eigenvalue weighted by atomic mass is 35.5. The molecule has 3 aromatic rings. The molecule has 0 saturated carbocycles. The molecule has 27 heavy (non-hydrogen) atoms. The molecule has 0 aromatic heterocycles. The van der Waals surface area contributed by atoms with Crippen LogP contribution in [0, 0.1) is 0 Å². The number of piperazine rings is 1. The highest BCUT2D eigenvalue weighted by molar-refractivity contribution is 6.31. The monoisotopic (exact) mass is 377 g/mol. The van der Waals surface area contributed by atoms with Crippen LogP contribution in [0.25, 0.3) is 10.8 Å². The van der Waals surface area contributed by atoms with Gasteiger partial charge in [0.05, 0.1) is 5.71 Å². The molecule has 1 fully saturated rings.